The van der Waals surface area contributed by atoms with Gasteiger partial charge in [-0.25, -0.2) is 9.97 Å². The molecule has 2 saturated heterocycles. The van der Waals surface area contributed by atoms with Crippen LogP contribution in [0.5, 0.6) is 0 Å². The second kappa shape index (κ2) is 5.07. The van der Waals surface area contributed by atoms with E-state index in [1.165, 1.54) is 19.3 Å². The van der Waals surface area contributed by atoms with E-state index in [2.05, 4.69) is 14.9 Å². The van der Waals surface area contributed by atoms with Crippen molar-refractivity contribution in [3.8, 4) is 0 Å². The summed E-state index contributed by atoms with van der Waals surface area (Å²) < 4.78 is 0. The maximum absolute atomic E-state index is 13.0. The van der Waals surface area contributed by atoms with Crippen molar-refractivity contribution in [3.05, 3.63) is 16.9 Å². The molecule has 0 aromatic carbocycles. The molecule has 3 heterocycles. The number of hydrogen-bond acceptors (Lipinski definition) is 4. The van der Waals surface area contributed by atoms with E-state index in [0.29, 0.717) is 28.6 Å². The molecule has 4 atom stereocenters. The molecule has 1 aromatic heterocycles. The zero-order valence-electron chi connectivity index (χ0n) is 13.1. The van der Waals surface area contributed by atoms with Gasteiger partial charge >= 0.3 is 0 Å². The van der Waals surface area contributed by atoms with Gasteiger partial charge in [0.25, 0.3) is 5.91 Å². The van der Waals surface area contributed by atoms with Crippen molar-refractivity contribution in [2.24, 2.45) is 17.8 Å². The predicted octanol–water partition coefficient (Wildman–Crippen LogP) is 2.60. The highest BCUT2D eigenvalue weighted by molar-refractivity contribution is 6.33. The van der Waals surface area contributed by atoms with Gasteiger partial charge in [-0.1, -0.05) is 11.6 Å². The van der Waals surface area contributed by atoms with Gasteiger partial charge in [0, 0.05) is 31.6 Å². The minimum Gasteiger partial charge on any atom is -0.341 e. The number of rotatable bonds is 2. The van der Waals surface area contributed by atoms with Crippen LogP contribution < -0.4 is 4.90 Å². The summed E-state index contributed by atoms with van der Waals surface area (Å²) in [6.07, 6.45) is 7.87. The highest BCUT2D eigenvalue weighted by Gasteiger charge is 2.58. The molecule has 23 heavy (non-hydrogen) atoms. The molecule has 0 spiro atoms. The Morgan fingerprint density at radius 1 is 1.22 bits per heavy atom. The number of halogens is 1. The van der Waals surface area contributed by atoms with Gasteiger partial charge in [0.05, 0.1) is 11.2 Å². The summed E-state index contributed by atoms with van der Waals surface area (Å²) in [5.41, 5.74) is 0.393. The van der Waals surface area contributed by atoms with Gasteiger partial charge in [-0.05, 0) is 43.9 Å². The summed E-state index contributed by atoms with van der Waals surface area (Å²) >= 11 is 6.25. The first kappa shape index (κ1) is 14.0. The molecular weight excluding hydrogens is 312 g/mol. The van der Waals surface area contributed by atoms with Crippen molar-refractivity contribution in [1.82, 2.24) is 14.9 Å². The lowest BCUT2D eigenvalue weighted by molar-refractivity contribution is -0.00948. The van der Waals surface area contributed by atoms with Crippen molar-refractivity contribution in [1.29, 1.82) is 0 Å². The number of carbonyl (C=O) groups is 1. The quantitative estimate of drug-likeness (QED) is 0.835. The molecule has 2 saturated carbocycles. The number of fused-ring (bicyclic) bond motifs is 5. The van der Waals surface area contributed by atoms with Crippen molar-refractivity contribution >= 4 is 23.5 Å². The number of likely N-dealkylation sites (tertiary alicyclic amines) is 1. The van der Waals surface area contributed by atoms with E-state index in [9.17, 15) is 4.79 Å². The summed E-state index contributed by atoms with van der Waals surface area (Å²) in [4.78, 5) is 26.0. The highest BCUT2D eigenvalue weighted by Crippen LogP contribution is 2.55. The van der Waals surface area contributed by atoms with Crippen LogP contribution in [0, 0.1) is 17.8 Å². The average molecular weight is 333 g/mol. The molecule has 2 bridgehead atoms. The van der Waals surface area contributed by atoms with E-state index in [0.717, 1.165) is 44.3 Å². The van der Waals surface area contributed by atoms with Gasteiger partial charge in [0.1, 0.15) is 0 Å². The zero-order valence-corrected chi connectivity index (χ0v) is 13.9. The van der Waals surface area contributed by atoms with Gasteiger partial charge in [-0.3, -0.25) is 4.79 Å². The van der Waals surface area contributed by atoms with Crippen LogP contribution in [0.15, 0.2) is 6.20 Å². The van der Waals surface area contributed by atoms with E-state index in [1.807, 2.05) is 4.90 Å². The maximum Gasteiger partial charge on any atom is 0.274 e. The highest BCUT2D eigenvalue weighted by atomic mass is 35.5. The monoisotopic (exact) mass is 332 g/mol. The van der Waals surface area contributed by atoms with Crippen molar-refractivity contribution < 1.29 is 4.79 Å². The van der Waals surface area contributed by atoms with Crippen LogP contribution in [0.25, 0.3) is 0 Å². The molecule has 0 radical (unpaired) electrons. The maximum atomic E-state index is 13.0. The van der Waals surface area contributed by atoms with Crippen LogP contribution in [0.2, 0.25) is 5.02 Å². The van der Waals surface area contributed by atoms with Crippen molar-refractivity contribution in [3.63, 3.8) is 0 Å². The van der Waals surface area contributed by atoms with Crippen molar-refractivity contribution in [2.75, 3.05) is 24.5 Å². The Hall–Kier alpha value is -1.36. The van der Waals surface area contributed by atoms with Crippen LogP contribution in [0.4, 0.5) is 5.95 Å². The zero-order chi connectivity index (χ0) is 15.6. The predicted molar refractivity (Wildman–Crippen MR) is 87.6 cm³/mol. The SMILES string of the molecule is O=C(c1nc(N2CCCC2)ncc1Cl)N1CC2C3CCC(C3)C21. The topological polar surface area (TPSA) is 49.3 Å². The fraction of sp³-hybridized carbons (Fsp3) is 0.706. The number of hydrogen-bond donors (Lipinski definition) is 0. The summed E-state index contributed by atoms with van der Waals surface area (Å²) in [6.45, 7) is 2.82. The van der Waals surface area contributed by atoms with Crippen LogP contribution in [0.3, 0.4) is 0 Å². The first-order valence-electron chi connectivity index (χ1n) is 8.81. The fourth-order valence-electron chi connectivity index (χ4n) is 5.27. The third-order valence-corrected chi connectivity index (χ3v) is 6.67. The number of nitrogens with zero attached hydrogens (tertiary/aromatic N) is 4. The molecule has 1 amide bonds. The largest absolute Gasteiger partial charge is 0.341 e. The van der Waals surface area contributed by atoms with E-state index in [1.54, 1.807) is 6.20 Å². The van der Waals surface area contributed by atoms with Crippen LogP contribution >= 0.6 is 11.6 Å². The van der Waals surface area contributed by atoms with Crippen LogP contribution in [0.1, 0.15) is 42.6 Å². The molecule has 0 N–H and O–H groups in total. The Morgan fingerprint density at radius 2 is 2.00 bits per heavy atom. The lowest BCUT2D eigenvalue weighted by Crippen LogP contribution is -2.61. The summed E-state index contributed by atoms with van der Waals surface area (Å²) in [6, 6.07) is 0.447. The number of amides is 1. The average Bonchev–Trinajstić information content (AvgIpc) is 3.22. The molecular formula is C17H21ClN4O. The molecule has 122 valence electrons. The number of carbonyl (C=O) groups excluding carboxylic acids is 1. The van der Waals surface area contributed by atoms with Gasteiger partial charge in [-0.15, -0.1) is 0 Å². The van der Waals surface area contributed by atoms with Crippen molar-refractivity contribution in [2.45, 2.75) is 38.1 Å². The van der Waals surface area contributed by atoms with Gasteiger partial charge in [0.2, 0.25) is 5.95 Å². The third kappa shape index (κ3) is 2.02. The van der Waals surface area contributed by atoms with E-state index in [4.69, 9.17) is 11.6 Å². The smallest absolute Gasteiger partial charge is 0.274 e. The lowest BCUT2D eigenvalue weighted by Gasteiger charge is -2.50. The Labute approximate surface area is 141 Å². The van der Waals surface area contributed by atoms with E-state index < -0.39 is 0 Å². The summed E-state index contributed by atoms with van der Waals surface area (Å²) in [5.74, 6) is 2.96. The molecule has 4 fully saturated rings. The third-order valence-electron chi connectivity index (χ3n) is 6.39. The fourth-order valence-corrected chi connectivity index (χ4v) is 5.44. The molecule has 1 aromatic rings. The Kier molecular flexibility index (Phi) is 3.09. The minimum absolute atomic E-state index is 0.00615. The summed E-state index contributed by atoms with van der Waals surface area (Å²) in [7, 11) is 0. The first-order valence-corrected chi connectivity index (χ1v) is 9.18. The molecule has 5 nitrogen and oxygen atoms in total. The Bertz CT molecular complexity index is 658. The first-order chi connectivity index (χ1) is 11.2. The Morgan fingerprint density at radius 3 is 2.78 bits per heavy atom. The number of aromatic nitrogens is 2. The summed E-state index contributed by atoms with van der Waals surface area (Å²) in [5, 5.41) is 0.379. The molecule has 4 unspecified atom stereocenters. The van der Waals surface area contributed by atoms with E-state index >= 15 is 0 Å². The van der Waals surface area contributed by atoms with E-state index in [-0.39, 0.29) is 5.91 Å². The minimum atomic E-state index is 0.00615. The van der Waals surface area contributed by atoms with Crippen LogP contribution in [-0.4, -0.2) is 46.5 Å². The molecule has 6 heteroatoms. The van der Waals surface area contributed by atoms with Gasteiger partial charge in [-0.2, -0.15) is 0 Å². The lowest BCUT2D eigenvalue weighted by atomic mass is 9.76. The molecule has 4 aliphatic rings. The molecule has 2 aliphatic heterocycles. The molecule has 2 aliphatic carbocycles. The second-order valence-electron chi connectivity index (χ2n) is 7.51. The standard InChI is InChI=1S/C17H21ClN4O/c18-13-8-19-17(21-5-1-2-6-21)20-14(13)16(23)22-9-12-10-3-4-11(7-10)15(12)22/h8,10-12,15H,1-7,9H2. The Balaban J connectivity index is 1.40. The normalized spacial score (nSPS) is 34.7. The van der Waals surface area contributed by atoms with Gasteiger partial charge in [0.15, 0.2) is 5.69 Å². The molecule has 5 rings (SSSR count). The second-order valence-corrected chi connectivity index (χ2v) is 7.91. The number of anilines is 1. The van der Waals surface area contributed by atoms with Crippen LogP contribution in [-0.2, 0) is 0 Å². The van der Waals surface area contributed by atoms with Gasteiger partial charge < -0.3 is 9.80 Å².